The van der Waals surface area contributed by atoms with Crippen molar-refractivity contribution in [1.29, 1.82) is 0 Å². The number of nitrogens with one attached hydrogen (secondary N) is 1. The number of likely N-dealkylation sites (tertiary alicyclic amines) is 1. The lowest BCUT2D eigenvalue weighted by Gasteiger charge is -2.29. The van der Waals surface area contributed by atoms with Crippen molar-refractivity contribution in [2.24, 2.45) is 11.7 Å². The van der Waals surface area contributed by atoms with Gasteiger partial charge in [0.25, 0.3) is 0 Å². The van der Waals surface area contributed by atoms with Crippen molar-refractivity contribution in [2.75, 3.05) is 26.2 Å². The molecule has 2 amide bonds. The van der Waals surface area contributed by atoms with Crippen molar-refractivity contribution >= 4 is 11.8 Å². The predicted octanol–water partition coefficient (Wildman–Crippen LogP) is -0.0624. The lowest BCUT2D eigenvalue weighted by molar-refractivity contribution is -0.124. The van der Waals surface area contributed by atoms with Crippen LogP contribution in [0.4, 0.5) is 0 Å². The highest BCUT2D eigenvalue weighted by molar-refractivity contribution is 5.78. The van der Waals surface area contributed by atoms with Crippen LogP contribution >= 0.6 is 0 Å². The largest absolute Gasteiger partial charge is 0.369 e. The van der Waals surface area contributed by atoms with Gasteiger partial charge in [-0.2, -0.15) is 0 Å². The van der Waals surface area contributed by atoms with E-state index in [1.807, 2.05) is 12.1 Å². The van der Waals surface area contributed by atoms with Crippen LogP contribution < -0.4 is 11.1 Å². The van der Waals surface area contributed by atoms with E-state index in [2.05, 4.69) is 15.2 Å². The fourth-order valence-corrected chi connectivity index (χ4v) is 2.53. The molecule has 0 atom stereocenters. The van der Waals surface area contributed by atoms with Gasteiger partial charge in [0, 0.05) is 24.9 Å². The minimum Gasteiger partial charge on any atom is -0.369 e. The molecule has 2 rings (SSSR count). The van der Waals surface area contributed by atoms with Crippen LogP contribution in [-0.2, 0) is 16.0 Å². The van der Waals surface area contributed by atoms with E-state index in [-0.39, 0.29) is 17.7 Å². The summed E-state index contributed by atoms with van der Waals surface area (Å²) in [6, 6.07) is 3.88. The molecule has 6 nitrogen and oxygen atoms in total. The molecule has 0 saturated carbocycles. The number of carbonyl (C=O) groups excluding carboxylic acids is 2. The van der Waals surface area contributed by atoms with Gasteiger partial charge < -0.3 is 11.1 Å². The molecular formula is C15H22N4O2. The topological polar surface area (TPSA) is 88.3 Å². The Hall–Kier alpha value is -1.95. The molecule has 0 aliphatic carbocycles. The van der Waals surface area contributed by atoms with Gasteiger partial charge in [0.2, 0.25) is 11.8 Å². The number of primary amides is 1. The third kappa shape index (κ3) is 5.15. The van der Waals surface area contributed by atoms with Crippen LogP contribution in [0.1, 0.15) is 18.4 Å². The molecule has 0 spiro atoms. The smallest absolute Gasteiger partial charge is 0.234 e. The first kappa shape index (κ1) is 15.4. The maximum Gasteiger partial charge on any atom is 0.234 e. The highest BCUT2D eigenvalue weighted by atomic mass is 16.2. The lowest BCUT2D eigenvalue weighted by Crippen LogP contribution is -2.43. The summed E-state index contributed by atoms with van der Waals surface area (Å²) in [7, 11) is 0. The Morgan fingerprint density at radius 1 is 1.38 bits per heavy atom. The Kier molecular flexibility index (Phi) is 5.68. The molecule has 114 valence electrons. The van der Waals surface area contributed by atoms with Gasteiger partial charge in [0.05, 0.1) is 6.54 Å². The Labute approximate surface area is 124 Å². The van der Waals surface area contributed by atoms with Crippen molar-refractivity contribution in [3.63, 3.8) is 0 Å². The van der Waals surface area contributed by atoms with Crippen molar-refractivity contribution in [3.05, 3.63) is 30.1 Å². The van der Waals surface area contributed by atoms with E-state index >= 15 is 0 Å². The molecule has 1 aromatic rings. The van der Waals surface area contributed by atoms with Gasteiger partial charge in [-0.25, -0.2) is 0 Å². The van der Waals surface area contributed by atoms with E-state index in [1.54, 1.807) is 12.4 Å². The number of aromatic nitrogens is 1. The van der Waals surface area contributed by atoms with Gasteiger partial charge in [0.1, 0.15) is 0 Å². The number of amides is 2. The quantitative estimate of drug-likeness (QED) is 0.768. The molecular weight excluding hydrogens is 268 g/mol. The SMILES string of the molecule is NC(=O)C1CCN(CC(=O)NCCc2cccnc2)CC1. The van der Waals surface area contributed by atoms with E-state index in [1.165, 1.54) is 0 Å². The van der Waals surface area contributed by atoms with Crippen molar-refractivity contribution in [1.82, 2.24) is 15.2 Å². The normalized spacial score (nSPS) is 16.6. The number of carbonyl (C=O) groups is 2. The lowest BCUT2D eigenvalue weighted by atomic mass is 9.96. The molecule has 0 unspecified atom stereocenters. The number of hydrogen-bond acceptors (Lipinski definition) is 4. The fourth-order valence-electron chi connectivity index (χ4n) is 2.53. The van der Waals surface area contributed by atoms with Gasteiger partial charge in [0.15, 0.2) is 0 Å². The van der Waals surface area contributed by atoms with Crippen LogP contribution in [0.2, 0.25) is 0 Å². The number of nitrogens with zero attached hydrogens (tertiary/aromatic N) is 2. The summed E-state index contributed by atoms with van der Waals surface area (Å²) in [5, 5.41) is 2.91. The molecule has 21 heavy (non-hydrogen) atoms. The molecule has 1 fully saturated rings. The van der Waals surface area contributed by atoms with E-state index in [9.17, 15) is 9.59 Å². The van der Waals surface area contributed by atoms with Crippen LogP contribution in [-0.4, -0.2) is 47.9 Å². The molecule has 1 saturated heterocycles. The minimum absolute atomic E-state index is 0.0245. The summed E-state index contributed by atoms with van der Waals surface area (Å²) < 4.78 is 0. The molecule has 0 bridgehead atoms. The molecule has 0 radical (unpaired) electrons. The minimum atomic E-state index is -0.226. The highest BCUT2D eigenvalue weighted by Crippen LogP contribution is 2.15. The first-order valence-corrected chi connectivity index (χ1v) is 7.32. The Bertz CT molecular complexity index is 470. The number of piperidine rings is 1. The van der Waals surface area contributed by atoms with E-state index < -0.39 is 0 Å². The second kappa shape index (κ2) is 7.73. The van der Waals surface area contributed by atoms with E-state index in [0.29, 0.717) is 13.1 Å². The molecule has 2 heterocycles. The first-order valence-electron chi connectivity index (χ1n) is 7.32. The summed E-state index contributed by atoms with van der Waals surface area (Å²) in [6.45, 7) is 2.51. The Balaban J connectivity index is 1.63. The summed E-state index contributed by atoms with van der Waals surface area (Å²) in [5.74, 6) is -0.234. The molecule has 0 aromatic carbocycles. The zero-order valence-corrected chi connectivity index (χ0v) is 12.1. The van der Waals surface area contributed by atoms with E-state index in [0.717, 1.165) is 37.9 Å². The molecule has 6 heteroatoms. The predicted molar refractivity (Wildman–Crippen MR) is 79.3 cm³/mol. The molecule has 3 N–H and O–H groups in total. The van der Waals surface area contributed by atoms with Gasteiger partial charge >= 0.3 is 0 Å². The number of pyridine rings is 1. The van der Waals surface area contributed by atoms with Crippen molar-refractivity contribution in [2.45, 2.75) is 19.3 Å². The third-order valence-electron chi connectivity index (χ3n) is 3.82. The molecule has 1 aliphatic heterocycles. The van der Waals surface area contributed by atoms with Gasteiger partial charge in [-0.05, 0) is 44.0 Å². The van der Waals surface area contributed by atoms with Crippen molar-refractivity contribution in [3.8, 4) is 0 Å². The average Bonchev–Trinajstić information content (AvgIpc) is 2.49. The maximum absolute atomic E-state index is 11.9. The molecule has 1 aliphatic rings. The van der Waals surface area contributed by atoms with Crippen LogP contribution in [0.25, 0.3) is 0 Å². The monoisotopic (exact) mass is 290 g/mol. The Morgan fingerprint density at radius 3 is 2.76 bits per heavy atom. The Morgan fingerprint density at radius 2 is 2.14 bits per heavy atom. The van der Waals surface area contributed by atoms with Gasteiger partial charge in [-0.15, -0.1) is 0 Å². The summed E-state index contributed by atoms with van der Waals surface area (Å²) in [4.78, 5) is 29.0. The molecule has 1 aromatic heterocycles. The standard InChI is InChI=1S/C15H22N4O2/c16-15(21)13-4-8-19(9-5-13)11-14(20)18-7-3-12-2-1-6-17-10-12/h1-2,6,10,13H,3-5,7-9,11H2,(H2,16,21)(H,18,20). The van der Waals surface area contributed by atoms with Crippen molar-refractivity contribution < 1.29 is 9.59 Å². The summed E-state index contributed by atoms with van der Waals surface area (Å²) in [5.41, 5.74) is 6.40. The summed E-state index contributed by atoms with van der Waals surface area (Å²) in [6.07, 6.45) is 5.82. The van der Waals surface area contributed by atoms with Crippen LogP contribution in [0.15, 0.2) is 24.5 Å². The second-order valence-corrected chi connectivity index (χ2v) is 5.41. The number of nitrogens with two attached hydrogens (primary N) is 1. The third-order valence-corrected chi connectivity index (χ3v) is 3.82. The van der Waals surface area contributed by atoms with Crippen LogP contribution in [0, 0.1) is 5.92 Å². The van der Waals surface area contributed by atoms with E-state index in [4.69, 9.17) is 5.73 Å². The van der Waals surface area contributed by atoms with Gasteiger partial charge in [-0.3, -0.25) is 19.5 Å². The number of hydrogen-bond donors (Lipinski definition) is 2. The zero-order valence-electron chi connectivity index (χ0n) is 12.1. The summed E-state index contributed by atoms with van der Waals surface area (Å²) >= 11 is 0. The number of rotatable bonds is 6. The van der Waals surface area contributed by atoms with Gasteiger partial charge in [-0.1, -0.05) is 6.07 Å². The highest BCUT2D eigenvalue weighted by Gasteiger charge is 2.23. The maximum atomic E-state index is 11.9. The fraction of sp³-hybridized carbons (Fsp3) is 0.533. The average molecular weight is 290 g/mol. The second-order valence-electron chi connectivity index (χ2n) is 5.41. The zero-order chi connectivity index (χ0) is 15.1. The first-order chi connectivity index (χ1) is 10.1. The van der Waals surface area contributed by atoms with Crippen LogP contribution in [0.5, 0.6) is 0 Å². The van der Waals surface area contributed by atoms with Crippen LogP contribution in [0.3, 0.4) is 0 Å².